The van der Waals surface area contributed by atoms with Crippen LogP contribution in [0.3, 0.4) is 0 Å². The van der Waals surface area contributed by atoms with Gasteiger partial charge in [-0.2, -0.15) is 5.10 Å². The van der Waals surface area contributed by atoms with Crippen LogP contribution in [-0.2, 0) is 4.74 Å². The molecule has 0 saturated heterocycles. The van der Waals surface area contributed by atoms with Gasteiger partial charge in [0.25, 0.3) is 0 Å². The van der Waals surface area contributed by atoms with Crippen LogP contribution >= 0.6 is 0 Å². The topological polar surface area (TPSA) is 72.0 Å². The molecular formula is C12H28N4O. The van der Waals surface area contributed by atoms with Crippen LogP contribution < -0.4 is 11.2 Å². The van der Waals surface area contributed by atoms with Crippen molar-refractivity contribution in [2.24, 2.45) is 15.9 Å². The molecule has 0 aliphatic heterocycles. The van der Waals surface area contributed by atoms with E-state index in [-0.39, 0.29) is 0 Å². The molecule has 0 rings (SSSR count). The maximum absolute atomic E-state index is 5.22. The predicted octanol–water partition coefficient (Wildman–Crippen LogP) is 1.43. The van der Waals surface area contributed by atoms with E-state index >= 15 is 0 Å². The van der Waals surface area contributed by atoms with Gasteiger partial charge in [-0.05, 0) is 26.8 Å². The molecule has 0 fully saturated rings. The first-order valence-corrected chi connectivity index (χ1v) is 6.34. The maximum Gasteiger partial charge on any atom is 0.0915 e. The molecule has 0 aliphatic carbocycles. The van der Waals surface area contributed by atoms with E-state index in [1.807, 2.05) is 27.8 Å². The number of hydrogen-bond acceptors (Lipinski definition) is 5. The molecule has 5 heteroatoms. The summed E-state index contributed by atoms with van der Waals surface area (Å²) in [7, 11) is 1.85. The van der Waals surface area contributed by atoms with Crippen molar-refractivity contribution >= 4 is 11.9 Å². The number of unbranched alkanes of at least 4 members (excludes halogenated alkanes) is 1. The molecule has 0 aromatic carbocycles. The second kappa shape index (κ2) is 17.5. The quantitative estimate of drug-likeness (QED) is 0.279. The van der Waals surface area contributed by atoms with E-state index in [0.717, 1.165) is 38.3 Å². The number of nitrogens with zero attached hydrogens (tertiary/aromatic N) is 2. The molecule has 0 bridgehead atoms. The molecule has 17 heavy (non-hydrogen) atoms. The second-order valence-corrected chi connectivity index (χ2v) is 3.09. The molecule has 0 unspecified atom stereocenters. The minimum absolute atomic E-state index is 0.652. The van der Waals surface area contributed by atoms with Gasteiger partial charge in [-0.1, -0.05) is 13.8 Å². The molecule has 0 spiro atoms. The highest BCUT2D eigenvalue weighted by Gasteiger charge is 1.91. The number of hydrazone groups is 1. The van der Waals surface area contributed by atoms with Crippen LogP contribution in [0.2, 0.25) is 0 Å². The fraction of sp³-hybridized carbons (Fsp3) is 0.833. The van der Waals surface area contributed by atoms with Crippen LogP contribution in [0.25, 0.3) is 0 Å². The van der Waals surface area contributed by atoms with E-state index in [4.69, 9.17) is 10.6 Å². The van der Waals surface area contributed by atoms with Crippen molar-refractivity contribution in [2.45, 2.75) is 33.6 Å². The minimum Gasteiger partial charge on any atom is -0.382 e. The van der Waals surface area contributed by atoms with Crippen molar-refractivity contribution in [1.82, 2.24) is 5.32 Å². The number of nitrogens with one attached hydrogen (secondary N) is 1. The molecule has 0 amide bonds. The average Bonchev–Trinajstić information content (AvgIpc) is 2.38. The van der Waals surface area contributed by atoms with Crippen molar-refractivity contribution in [1.29, 1.82) is 0 Å². The fourth-order valence-corrected chi connectivity index (χ4v) is 1.03. The lowest BCUT2D eigenvalue weighted by molar-refractivity contribution is 0.144. The molecule has 0 aromatic rings. The first-order valence-electron chi connectivity index (χ1n) is 6.34. The summed E-state index contributed by atoms with van der Waals surface area (Å²) in [5.41, 5.74) is 0.766. The van der Waals surface area contributed by atoms with Gasteiger partial charge in [-0.15, -0.1) is 0 Å². The van der Waals surface area contributed by atoms with Crippen LogP contribution in [0.15, 0.2) is 10.1 Å². The second-order valence-electron chi connectivity index (χ2n) is 3.09. The van der Waals surface area contributed by atoms with Gasteiger partial charge in [0.05, 0.1) is 5.71 Å². The van der Waals surface area contributed by atoms with Crippen molar-refractivity contribution < 1.29 is 4.74 Å². The summed E-state index contributed by atoms with van der Waals surface area (Å²) in [5, 5.41) is 6.57. The smallest absolute Gasteiger partial charge is 0.0915 e. The lowest BCUT2D eigenvalue weighted by Gasteiger charge is -1.99. The minimum atomic E-state index is 0.652. The fourth-order valence-electron chi connectivity index (χ4n) is 1.03. The molecule has 0 atom stereocenters. The first kappa shape index (κ1) is 18.4. The zero-order valence-electron chi connectivity index (χ0n) is 11.7. The lowest BCUT2D eigenvalue weighted by Crippen LogP contribution is -2.21. The third kappa shape index (κ3) is 15.1. The molecule has 0 aromatic heterocycles. The number of rotatable bonds is 9. The maximum atomic E-state index is 5.22. The number of nitrogens with two attached hydrogens (primary N) is 1. The number of ether oxygens (including phenoxy) is 1. The summed E-state index contributed by atoms with van der Waals surface area (Å²) < 4.78 is 5.22. The van der Waals surface area contributed by atoms with Gasteiger partial charge >= 0.3 is 0 Å². The van der Waals surface area contributed by atoms with Gasteiger partial charge in [-0.3, -0.25) is 4.99 Å². The molecule has 3 N–H and O–H groups in total. The Kier molecular flexibility index (Phi) is 18.9. The zero-order chi connectivity index (χ0) is 13.4. The Morgan fingerprint density at radius 3 is 2.59 bits per heavy atom. The van der Waals surface area contributed by atoms with Gasteiger partial charge in [0, 0.05) is 32.5 Å². The van der Waals surface area contributed by atoms with E-state index in [2.05, 4.69) is 15.4 Å². The van der Waals surface area contributed by atoms with E-state index in [0.29, 0.717) is 6.54 Å². The number of hydrogen-bond donors (Lipinski definition) is 2. The summed E-state index contributed by atoms with van der Waals surface area (Å²) in [5.74, 6) is 5.18. The average molecular weight is 244 g/mol. The van der Waals surface area contributed by atoms with Gasteiger partial charge in [0.15, 0.2) is 0 Å². The molecule has 0 aliphatic rings. The standard InChI is InChI=1S/C10H22N4O.C2H6/c1-3-15-7-5-4-6-13-9-10(14-11)8-12-2;1-2/h9,12H,3-8,11H2,1-2H3;1-2H3/b13-9?,14-10-;. The van der Waals surface area contributed by atoms with E-state index in [1.165, 1.54) is 0 Å². The lowest BCUT2D eigenvalue weighted by atomic mass is 10.3. The largest absolute Gasteiger partial charge is 0.382 e. The van der Waals surface area contributed by atoms with Gasteiger partial charge in [-0.25, -0.2) is 0 Å². The summed E-state index contributed by atoms with van der Waals surface area (Å²) in [6.45, 7) is 9.06. The van der Waals surface area contributed by atoms with Gasteiger partial charge in [0.2, 0.25) is 0 Å². The molecule has 5 nitrogen and oxygen atoms in total. The highest BCUT2D eigenvalue weighted by Crippen LogP contribution is 1.90. The highest BCUT2D eigenvalue weighted by atomic mass is 16.5. The SMILES string of the molecule is CC.CCOCCCCN=C/C(CNC)=N\N. The third-order valence-corrected chi connectivity index (χ3v) is 1.79. The van der Waals surface area contributed by atoms with Crippen LogP contribution in [0.1, 0.15) is 33.6 Å². The van der Waals surface area contributed by atoms with Crippen LogP contribution in [0.5, 0.6) is 0 Å². The monoisotopic (exact) mass is 244 g/mol. The molecule has 102 valence electrons. The summed E-state index contributed by atoms with van der Waals surface area (Å²) in [6, 6.07) is 0. The van der Waals surface area contributed by atoms with E-state index in [1.54, 1.807) is 6.21 Å². The Bertz CT molecular complexity index is 193. The van der Waals surface area contributed by atoms with Crippen LogP contribution in [0.4, 0.5) is 0 Å². The highest BCUT2D eigenvalue weighted by molar-refractivity contribution is 6.31. The zero-order valence-corrected chi connectivity index (χ0v) is 11.7. The van der Waals surface area contributed by atoms with E-state index in [9.17, 15) is 0 Å². The first-order chi connectivity index (χ1) is 8.35. The summed E-state index contributed by atoms with van der Waals surface area (Å²) in [6.07, 6.45) is 3.80. The molecular weight excluding hydrogens is 216 g/mol. The Hall–Kier alpha value is -0.940. The summed E-state index contributed by atoms with van der Waals surface area (Å²) in [4.78, 5) is 4.23. The molecule has 0 saturated carbocycles. The normalized spacial score (nSPS) is 11.4. The predicted molar refractivity (Wildman–Crippen MR) is 76.0 cm³/mol. The van der Waals surface area contributed by atoms with Crippen LogP contribution in [-0.4, -0.2) is 45.3 Å². The Morgan fingerprint density at radius 1 is 1.35 bits per heavy atom. The van der Waals surface area contributed by atoms with Gasteiger partial charge in [0.1, 0.15) is 0 Å². The van der Waals surface area contributed by atoms with Crippen molar-refractivity contribution in [3.63, 3.8) is 0 Å². The Balaban J connectivity index is 0. The van der Waals surface area contributed by atoms with Gasteiger partial charge < -0.3 is 15.9 Å². The third-order valence-electron chi connectivity index (χ3n) is 1.79. The van der Waals surface area contributed by atoms with Crippen molar-refractivity contribution in [2.75, 3.05) is 33.4 Å². The van der Waals surface area contributed by atoms with Crippen LogP contribution in [0, 0.1) is 0 Å². The molecule has 0 radical (unpaired) electrons. The Labute approximate surface area is 106 Å². The molecule has 0 heterocycles. The van der Waals surface area contributed by atoms with E-state index < -0.39 is 0 Å². The van der Waals surface area contributed by atoms with Crippen molar-refractivity contribution in [3.05, 3.63) is 0 Å². The number of aliphatic imine (C=N–C) groups is 1. The Morgan fingerprint density at radius 2 is 2.06 bits per heavy atom. The summed E-state index contributed by atoms with van der Waals surface area (Å²) >= 11 is 0. The van der Waals surface area contributed by atoms with Crippen molar-refractivity contribution in [3.8, 4) is 0 Å².